The van der Waals surface area contributed by atoms with Crippen molar-refractivity contribution < 1.29 is 4.79 Å². The van der Waals surface area contributed by atoms with Crippen LogP contribution in [0.15, 0.2) is 36.4 Å². The molecule has 0 bridgehead atoms. The predicted molar refractivity (Wildman–Crippen MR) is 94.5 cm³/mol. The number of aromatic nitrogens is 2. The summed E-state index contributed by atoms with van der Waals surface area (Å²) in [5, 5.41) is 11.4. The van der Waals surface area contributed by atoms with Gasteiger partial charge in [-0.3, -0.25) is 4.79 Å². The molecule has 126 valence electrons. The molecule has 1 amide bonds. The summed E-state index contributed by atoms with van der Waals surface area (Å²) in [6.45, 7) is 8.55. The number of hydrogen-bond donors (Lipinski definition) is 1. The summed E-state index contributed by atoms with van der Waals surface area (Å²) in [7, 11) is 0. The molecule has 0 spiro atoms. The van der Waals surface area contributed by atoms with Crippen molar-refractivity contribution in [2.75, 3.05) is 38.0 Å². The van der Waals surface area contributed by atoms with Crippen molar-refractivity contribution in [3.05, 3.63) is 47.7 Å². The summed E-state index contributed by atoms with van der Waals surface area (Å²) in [4.78, 5) is 16.7. The molecule has 0 saturated carbocycles. The number of aryl methyl sites for hydroxylation is 1. The van der Waals surface area contributed by atoms with Gasteiger partial charge in [-0.15, -0.1) is 10.2 Å². The Bertz CT molecular complexity index is 676. The normalized spacial score (nSPS) is 15.3. The molecule has 1 aliphatic heterocycles. The monoisotopic (exact) mass is 325 g/mol. The Morgan fingerprint density at radius 1 is 1.04 bits per heavy atom. The Morgan fingerprint density at radius 3 is 2.33 bits per heavy atom. The Labute approximate surface area is 142 Å². The van der Waals surface area contributed by atoms with Gasteiger partial charge >= 0.3 is 0 Å². The second-order valence-corrected chi connectivity index (χ2v) is 6.02. The molecule has 0 unspecified atom stereocenters. The average molecular weight is 325 g/mol. The van der Waals surface area contributed by atoms with E-state index in [9.17, 15) is 4.79 Å². The Kier molecular flexibility index (Phi) is 5.05. The van der Waals surface area contributed by atoms with E-state index in [0.29, 0.717) is 11.5 Å². The Morgan fingerprint density at radius 2 is 1.75 bits per heavy atom. The van der Waals surface area contributed by atoms with Crippen LogP contribution in [0.1, 0.15) is 23.0 Å². The third-order valence-electron chi connectivity index (χ3n) is 4.31. The fourth-order valence-electron chi connectivity index (χ4n) is 2.73. The van der Waals surface area contributed by atoms with E-state index in [1.165, 1.54) is 5.56 Å². The summed E-state index contributed by atoms with van der Waals surface area (Å²) in [5.41, 5.74) is 2.55. The van der Waals surface area contributed by atoms with Crippen molar-refractivity contribution in [1.29, 1.82) is 0 Å². The quantitative estimate of drug-likeness (QED) is 0.935. The van der Waals surface area contributed by atoms with Crippen molar-refractivity contribution in [2.24, 2.45) is 0 Å². The maximum absolute atomic E-state index is 12.5. The SMILES string of the molecule is CCN1CCN(C(=O)c2ccc(Nc3ccc(C)cc3)nn2)CC1. The van der Waals surface area contributed by atoms with Crippen molar-refractivity contribution in [3.63, 3.8) is 0 Å². The number of benzene rings is 1. The van der Waals surface area contributed by atoms with E-state index >= 15 is 0 Å². The molecule has 0 radical (unpaired) electrons. The van der Waals surface area contributed by atoms with E-state index in [1.807, 2.05) is 36.1 Å². The minimum Gasteiger partial charge on any atom is -0.339 e. The molecule has 0 atom stereocenters. The molecule has 0 aliphatic carbocycles. The van der Waals surface area contributed by atoms with Crippen LogP contribution in [0, 0.1) is 6.92 Å². The third kappa shape index (κ3) is 3.89. The lowest BCUT2D eigenvalue weighted by Gasteiger charge is -2.33. The van der Waals surface area contributed by atoms with Gasteiger partial charge in [0, 0.05) is 31.9 Å². The first-order valence-corrected chi connectivity index (χ1v) is 8.35. The first kappa shape index (κ1) is 16.4. The van der Waals surface area contributed by atoms with Gasteiger partial charge in [0.25, 0.3) is 5.91 Å². The second-order valence-electron chi connectivity index (χ2n) is 6.02. The first-order valence-electron chi connectivity index (χ1n) is 8.35. The summed E-state index contributed by atoms with van der Waals surface area (Å²) in [6.07, 6.45) is 0. The summed E-state index contributed by atoms with van der Waals surface area (Å²) >= 11 is 0. The Balaban J connectivity index is 1.61. The fraction of sp³-hybridized carbons (Fsp3) is 0.389. The molecule has 6 nitrogen and oxygen atoms in total. The van der Waals surface area contributed by atoms with Crippen LogP contribution in [0.3, 0.4) is 0 Å². The Hall–Kier alpha value is -2.47. The second kappa shape index (κ2) is 7.40. The number of piperazine rings is 1. The molecule has 1 saturated heterocycles. The molecule has 1 aromatic carbocycles. The summed E-state index contributed by atoms with van der Waals surface area (Å²) in [6, 6.07) is 11.6. The van der Waals surface area contributed by atoms with Crippen LogP contribution in [-0.2, 0) is 0 Å². The van der Waals surface area contributed by atoms with Crippen LogP contribution in [0.4, 0.5) is 11.5 Å². The van der Waals surface area contributed by atoms with Gasteiger partial charge < -0.3 is 15.1 Å². The van der Waals surface area contributed by atoms with Crippen molar-refractivity contribution >= 4 is 17.4 Å². The average Bonchev–Trinajstić information content (AvgIpc) is 2.64. The van der Waals surface area contributed by atoms with E-state index in [2.05, 4.69) is 27.3 Å². The maximum atomic E-state index is 12.5. The molecule has 1 fully saturated rings. The van der Waals surface area contributed by atoms with Crippen LogP contribution in [0.5, 0.6) is 0 Å². The minimum absolute atomic E-state index is 0.0415. The zero-order valence-corrected chi connectivity index (χ0v) is 14.2. The highest BCUT2D eigenvalue weighted by atomic mass is 16.2. The number of anilines is 2. The molecular weight excluding hydrogens is 302 g/mol. The van der Waals surface area contributed by atoms with Gasteiger partial charge in [-0.25, -0.2) is 0 Å². The smallest absolute Gasteiger partial charge is 0.274 e. The molecule has 6 heteroatoms. The van der Waals surface area contributed by atoms with Crippen LogP contribution in [0.2, 0.25) is 0 Å². The lowest BCUT2D eigenvalue weighted by atomic mass is 10.2. The number of nitrogens with zero attached hydrogens (tertiary/aromatic N) is 4. The molecule has 1 aromatic heterocycles. The lowest BCUT2D eigenvalue weighted by Crippen LogP contribution is -2.48. The zero-order valence-electron chi connectivity index (χ0n) is 14.2. The van der Waals surface area contributed by atoms with Crippen molar-refractivity contribution in [1.82, 2.24) is 20.0 Å². The van der Waals surface area contributed by atoms with E-state index < -0.39 is 0 Å². The van der Waals surface area contributed by atoms with Crippen molar-refractivity contribution in [2.45, 2.75) is 13.8 Å². The van der Waals surface area contributed by atoms with E-state index in [4.69, 9.17) is 0 Å². The van der Waals surface area contributed by atoms with Crippen LogP contribution < -0.4 is 5.32 Å². The largest absolute Gasteiger partial charge is 0.339 e. The van der Waals surface area contributed by atoms with Crippen molar-refractivity contribution in [3.8, 4) is 0 Å². The van der Waals surface area contributed by atoms with Crippen LogP contribution in [0.25, 0.3) is 0 Å². The van der Waals surface area contributed by atoms with E-state index in [1.54, 1.807) is 12.1 Å². The van der Waals surface area contributed by atoms with E-state index in [-0.39, 0.29) is 5.91 Å². The predicted octanol–water partition coefficient (Wildman–Crippen LogP) is 2.31. The first-order chi connectivity index (χ1) is 11.7. The van der Waals surface area contributed by atoms with Crippen LogP contribution >= 0.6 is 0 Å². The standard InChI is InChI=1S/C18H23N5O/c1-3-22-10-12-23(13-11-22)18(24)16-8-9-17(21-20-16)19-15-6-4-14(2)5-7-15/h4-9H,3,10-13H2,1-2H3,(H,19,21). The summed E-state index contributed by atoms with van der Waals surface area (Å²) in [5.74, 6) is 0.589. The molecule has 24 heavy (non-hydrogen) atoms. The van der Waals surface area contributed by atoms with Gasteiger partial charge in [0.15, 0.2) is 11.5 Å². The molecule has 2 aromatic rings. The molecule has 1 N–H and O–H groups in total. The highest BCUT2D eigenvalue weighted by molar-refractivity contribution is 5.92. The molecular formula is C18H23N5O. The fourth-order valence-corrected chi connectivity index (χ4v) is 2.73. The van der Waals surface area contributed by atoms with Gasteiger partial charge in [-0.1, -0.05) is 24.6 Å². The number of rotatable bonds is 4. The highest BCUT2D eigenvalue weighted by Gasteiger charge is 2.22. The minimum atomic E-state index is -0.0415. The number of carbonyl (C=O) groups excluding carboxylic acids is 1. The molecule has 3 rings (SSSR count). The molecule has 1 aliphatic rings. The maximum Gasteiger partial charge on any atom is 0.274 e. The highest BCUT2D eigenvalue weighted by Crippen LogP contribution is 2.15. The van der Waals surface area contributed by atoms with E-state index in [0.717, 1.165) is 38.4 Å². The van der Waals surface area contributed by atoms with Gasteiger partial charge in [0.1, 0.15) is 0 Å². The molecule has 2 heterocycles. The number of amides is 1. The third-order valence-corrected chi connectivity index (χ3v) is 4.31. The topological polar surface area (TPSA) is 61.4 Å². The van der Waals surface area contributed by atoms with Gasteiger partial charge in [-0.2, -0.15) is 0 Å². The van der Waals surface area contributed by atoms with Crippen LogP contribution in [-0.4, -0.2) is 58.6 Å². The number of likely N-dealkylation sites (N-methyl/N-ethyl adjacent to an activating group) is 1. The lowest BCUT2D eigenvalue weighted by molar-refractivity contribution is 0.0636. The number of nitrogens with one attached hydrogen (secondary N) is 1. The van der Waals surface area contributed by atoms with Gasteiger partial charge in [0.05, 0.1) is 0 Å². The number of hydrogen-bond acceptors (Lipinski definition) is 5. The van der Waals surface area contributed by atoms with Gasteiger partial charge in [0.2, 0.25) is 0 Å². The van der Waals surface area contributed by atoms with Gasteiger partial charge in [-0.05, 0) is 37.7 Å². The number of carbonyl (C=O) groups is 1. The summed E-state index contributed by atoms with van der Waals surface area (Å²) < 4.78 is 0. The zero-order chi connectivity index (χ0) is 16.9.